The van der Waals surface area contributed by atoms with E-state index in [1.54, 1.807) is 48.5 Å². The summed E-state index contributed by atoms with van der Waals surface area (Å²) in [6.45, 7) is 0. The van der Waals surface area contributed by atoms with Crippen LogP contribution in [0.25, 0.3) is 11.0 Å². The van der Waals surface area contributed by atoms with Crippen molar-refractivity contribution in [2.75, 3.05) is 17.7 Å². The molecule has 4 rings (SSSR count). The highest BCUT2D eigenvalue weighted by molar-refractivity contribution is 6.06. The van der Waals surface area contributed by atoms with E-state index in [-0.39, 0.29) is 22.6 Å². The summed E-state index contributed by atoms with van der Waals surface area (Å²) in [4.78, 5) is 53.9. The Labute approximate surface area is 193 Å². The van der Waals surface area contributed by atoms with Gasteiger partial charge < -0.3 is 15.4 Å². The topological polar surface area (TPSA) is 124 Å². The zero-order valence-electron chi connectivity index (χ0n) is 18.7. The lowest BCUT2D eigenvalue weighted by Crippen LogP contribution is -2.37. The van der Waals surface area contributed by atoms with Gasteiger partial charge in [-0.2, -0.15) is 0 Å². The third kappa shape index (κ3) is 4.16. The van der Waals surface area contributed by atoms with Gasteiger partial charge in [0.05, 0.1) is 18.2 Å². The highest BCUT2D eigenvalue weighted by Crippen LogP contribution is 2.24. The number of aryl methyl sites for hydroxylation is 1. The number of fused-ring (bicyclic) bond motifs is 1. The third-order valence-corrected chi connectivity index (χ3v) is 5.29. The summed E-state index contributed by atoms with van der Waals surface area (Å²) < 4.78 is 7.43. The number of nitrogens with one attached hydrogen (secondary N) is 2. The Kier molecular flexibility index (Phi) is 5.96. The van der Waals surface area contributed by atoms with Crippen molar-refractivity contribution in [1.29, 1.82) is 0 Å². The lowest BCUT2D eigenvalue weighted by molar-refractivity contribution is 0.101. The molecule has 0 atom stereocenters. The molecular weight excluding hydrogens is 438 g/mol. The second-order valence-electron chi connectivity index (χ2n) is 7.46. The van der Waals surface area contributed by atoms with Crippen LogP contribution in [0.15, 0.2) is 70.3 Å². The molecule has 10 heteroatoms. The van der Waals surface area contributed by atoms with Gasteiger partial charge in [-0.15, -0.1) is 0 Å². The maximum atomic E-state index is 12.7. The van der Waals surface area contributed by atoms with Gasteiger partial charge in [-0.1, -0.05) is 12.1 Å². The van der Waals surface area contributed by atoms with Gasteiger partial charge in [-0.25, -0.2) is 9.78 Å². The van der Waals surface area contributed by atoms with Crippen LogP contribution in [0.5, 0.6) is 5.75 Å². The lowest BCUT2D eigenvalue weighted by Gasteiger charge is -2.11. The fourth-order valence-electron chi connectivity index (χ4n) is 3.42. The monoisotopic (exact) mass is 459 g/mol. The molecule has 0 radical (unpaired) electrons. The zero-order valence-corrected chi connectivity index (χ0v) is 18.7. The van der Waals surface area contributed by atoms with Crippen molar-refractivity contribution >= 4 is 34.2 Å². The minimum absolute atomic E-state index is 0.0359. The molecule has 2 aromatic carbocycles. The largest absolute Gasteiger partial charge is 0.495 e. The summed E-state index contributed by atoms with van der Waals surface area (Å²) in [6, 6.07) is 16.2. The first kappa shape index (κ1) is 22.5. The number of hydrogen-bond donors (Lipinski definition) is 2. The fraction of sp³-hybridized carbons (Fsp3) is 0.125. The summed E-state index contributed by atoms with van der Waals surface area (Å²) in [5, 5.41) is 5.70. The molecule has 0 spiro atoms. The first-order chi connectivity index (χ1) is 16.3. The molecular formula is C24H21N5O5. The van der Waals surface area contributed by atoms with Gasteiger partial charge in [-0.3, -0.25) is 23.5 Å². The Morgan fingerprint density at radius 2 is 1.56 bits per heavy atom. The maximum absolute atomic E-state index is 12.7. The van der Waals surface area contributed by atoms with Gasteiger partial charge in [-0.05, 0) is 48.5 Å². The maximum Gasteiger partial charge on any atom is 0.332 e. The number of benzene rings is 2. The highest BCUT2D eigenvalue weighted by Gasteiger charge is 2.15. The van der Waals surface area contributed by atoms with Crippen LogP contribution in [0, 0.1) is 0 Å². The quantitative estimate of drug-likeness (QED) is 0.471. The van der Waals surface area contributed by atoms with Crippen LogP contribution >= 0.6 is 0 Å². The molecule has 0 saturated heterocycles. The number of amides is 2. The molecule has 2 N–H and O–H groups in total. The SMILES string of the molecule is COc1ccccc1NC(=O)c1ccc(NC(=O)c2ccc3c(=O)n(C)c(=O)n(C)c3n2)cc1. The molecule has 172 valence electrons. The van der Waals surface area contributed by atoms with Gasteiger partial charge in [0.2, 0.25) is 0 Å². The van der Waals surface area contributed by atoms with Crippen LogP contribution in [0.2, 0.25) is 0 Å². The number of rotatable bonds is 5. The molecule has 2 amide bonds. The van der Waals surface area contributed by atoms with Crippen LogP contribution in [-0.4, -0.2) is 33.0 Å². The van der Waals surface area contributed by atoms with Gasteiger partial charge in [0.1, 0.15) is 17.1 Å². The van der Waals surface area contributed by atoms with E-state index in [0.717, 1.165) is 4.57 Å². The van der Waals surface area contributed by atoms with Crippen molar-refractivity contribution in [2.24, 2.45) is 14.1 Å². The second-order valence-corrected chi connectivity index (χ2v) is 7.46. The predicted octanol–water partition coefficient (Wildman–Crippen LogP) is 2.15. The number of anilines is 2. The van der Waals surface area contributed by atoms with Crippen molar-refractivity contribution in [2.45, 2.75) is 0 Å². The van der Waals surface area contributed by atoms with Crippen LogP contribution in [-0.2, 0) is 14.1 Å². The van der Waals surface area contributed by atoms with E-state index in [1.165, 1.54) is 37.9 Å². The smallest absolute Gasteiger partial charge is 0.332 e. The standard InChI is InChI=1S/C24H21N5O5/c1-28-20-16(23(32)29(2)24(28)33)12-13-18(26-20)22(31)25-15-10-8-14(9-11-15)21(30)27-17-6-4-5-7-19(17)34-3/h4-13H,1-3H3,(H,25,31)(H,27,30). The molecule has 2 aromatic heterocycles. The van der Waals surface area contributed by atoms with E-state index in [0.29, 0.717) is 22.7 Å². The third-order valence-electron chi connectivity index (χ3n) is 5.29. The van der Waals surface area contributed by atoms with Crippen LogP contribution in [0.4, 0.5) is 11.4 Å². The van der Waals surface area contributed by atoms with Crippen molar-refractivity contribution in [3.63, 3.8) is 0 Å². The Balaban J connectivity index is 1.52. The Morgan fingerprint density at radius 3 is 2.26 bits per heavy atom. The van der Waals surface area contributed by atoms with Gasteiger partial charge in [0.25, 0.3) is 17.4 Å². The van der Waals surface area contributed by atoms with E-state index in [1.807, 2.05) is 0 Å². The number of ether oxygens (including phenoxy) is 1. The van der Waals surface area contributed by atoms with E-state index in [4.69, 9.17) is 4.74 Å². The zero-order chi connectivity index (χ0) is 24.4. The number of pyridine rings is 1. The summed E-state index contributed by atoms with van der Waals surface area (Å²) in [5.74, 6) is -0.319. The number of methoxy groups -OCH3 is 1. The van der Waals surface area contributed by atoms with E-state index in [2.05, 4.69) is 15.6 Å². The van der Waals surface area contributed by atoms with Gasteiger partial charge in [0.15, 0.2) is 0 Å². The summed E-state index contributed by atoms with van der Waals surface area (Å²) in [6.07, 6.45) is 0. The van der Waals surface area contributed by atoms with Gasteiger partial charge >= 0.3 is 5.69 Å². The predicted molar refractivity (Wildman–Crippen MR) is 128 cm³/mol. The molecule has 0 fully saturated rings. The summed E-state index contributed by atoms with van der Waals surface area (Å²) >= 11 is 0. The molecule has 0 unspecified atom stereocenters. The highest BCUT2D eigenvalue weighted by atomic mass is 16.5. The molecule has 0 aliphatic carbocycles. The molecule has 0 saturated carbocycles. The van der Waals surface area contributed by atoms with Crippen LogP contribution in [0.1, 0.15) is 20.8 Å². The number of hydrogen-bond acceptors (Lipinski definition) is 6. The van der Waals surface area contributed by atoms with Crippen LogP contribution in [0.3, 0.4) is 0 Å². The average Bonchev–Trinajstić information content (AvgIpc) is 2.86. The molecule has 4 aromatic rings. The Bertz CT molecular complexity index is 1540. The number of aromatic nitrogens is 3. The number of carbonyl (C=O) groups excluding carboxylic acids is 2. The van der Waals surface area contributed by atoms with Crippen LogP contribution < -0.4 is 26.6 Å². The van der Waals surface area contributed by atoms with Gasteiger partial charge in [0, 0.05) is 25.3 Å². The normalized spacial score (nSPS) is 10.7. The minimum Gasteiger partial charge on any atom is -0.495 e. The number of para-hydroxylation sites is 2. The molecule has 0 bridgehead atoms. The van der Waals surface area contributed by atoms with E-state index >= 15 is 0 Å². The van der Waals surface area contributed by atoms with Crippen molar-refractivity contribution in [3.8, 4) is 5.75 Å². The minimum atomic E-state index is -0.537. The van der Waals surface area contributed by atoms with Crippen molar-refractivity contribution < 1.29 is 14.3 Å². The fourth-order valence-corrected chi connectivity index (χ4v) is 3.42. The molecule has 34 heavy (non-hydrogen) atoms. The van der Waals surface area contributed by atoms with Crippen molar-refractivity contribution in [1.82, 2.24) is 14.1 Å². The first-order valence-corrected chi connectivity index (χ1v) is 10.2. The number of carbonyl (C=O) groups is 2. The second kappa shape index (κ2) is 9.02. The average molecular weight is 459 g/mol. The molecule has 0 aliphatic rings. The molecule has 2 heterocycles. The summed E-state index contributed by atoms with van der Waals surface area (Å²) in [7, 11) is 4.38. The molecule has 10 nitrogen and oxygen atoms in total. The Morgan fingerprint density at radius 1 is 0.853 bits per heavy atom. The number of nitrogens with zero attached hydrogens (tertiary/aromatic N) is 3. The first-order valence-electron chi connectivity index (χ1n) is 10.2. The Hall–Kier alpha value is -4.73. The lowest BCUT2D eigenvalue weighted by atomic mass is 10.1. The van der Waals surface area contributed by atoms with E-state index in [9.17, 15) is 19.2 Å². The van der Waals surface area contributed by atoms with E-state index < -0.39 is 17.2 Å². The van der Waals surface area contributed by atoms with Crippen molar-refractivity contribution in [3.05, 3.63) is 92.8 Å². The summed E-state index contributed by atoms with van der Waals surface area (Å²) in [5.41, 5.74) is 0.498. The molecule has 0 aliphatic heterocycles.